The Labute approximate surface area is 128 Å². The van der Waals surface area contributed by atoms with E-state index in [4.69, 9.17) is 5.11 Å². The van der Waals surface area contributed by atoms with Crippen LogP contribution in [0.4, 0.5) is 10.5 Å². The number of rotatable bonds is 4. The number of halogens is 1. The van der Waals surface area contributed by atoms with E-state index in [1.54, 1.807) is 6.92 Å². The summed E-state index contributed by atoms with van der Waals surface area (Å²) in [5.74, 6) is -0.504. The highest BCUT2D eigenvalue weighted by atomic mass is 79.9. The third kappa shape index (κ3) is 3.78. The minimum absolute atomic E-state index is 0.128. The minimum Gasteiger partial charge on any atom is -0.478 e. The Bertz CT molecular complexity index is 659. The second-order valence-corrected chi connectivity index (χ2v) is 5.04. The maximum atomic E-state index is 11.9. The van der Waals surface area contributed by atoms with Crippen molar-refractivity contribution in [1.29, 1.82) is 0 Å². The summed E-state index contributed by atoms with van der Waals surface area (Å²) in [5, 5.41) is 20.5. The molecule has 1 atom stereocenters. The van der Waals surface area contributed by atoms with Gasteiger partial charge in [0.15, 0.2) is 0 Å². The van der Waals surface area contributed by atoms with Crippen molar-refractivity contribution in [1.82, 2.24) is 20.5 Å². The third-order valence-corrected chi connectivity index (χ3v) is 3.31. The molecule has 110 valence electrons. The Balaban J connectivity index is 2.01. The van der Waals surface area contributed by atoms with Crippen LogP contribution in [0.2, 0.25) is 0 Å². The molecule has 1 aromatic heterocycles. The summed E-state index contributed by atoms with van der Waals surface area (Å²) < 4.78 is 0.477. The molecule has 0 saturated carbocycles. The second kappa shape index (κ2) is 6.35. The van der Waals surface area contributed by atoms with E-state index in [0.717, 1.165) is 0 Å². The number of hydrogen-bond acceptors (Lipinski definition) is 4. The molecule has 0 saturated heterocycles. The molecule has 0 aliphatic rings. The van der Waals surface area contributed by atoms with Gasteiger partial charge in [0.2, 0.25) is 0 Å². The van der Waals surface area contributed by atoms with Crippen LogP contribution in [0.3, 0.4) is 0 Å². The smallest absolute Gasteiger partial charge is 0.335 e. The van der Waals surface area contributed by atoms with Crippen LogP contribution in [0, 0.1) is 0 Å². The van der Waals surface area contributed by atoms with Gasteiger partial charge < -0.3 is 15.7 Å². The number of aromatic carboxylic acids is 1. The Morgan fingerprint density at radius 2 is 2.19 bits per heavy atom. The summed E-state index contributed by atoms with van der Waals surface area (Å²) in [5.41, 5.74) is 0.588. The topological polar surface area (TPSA) is 120 Å². The van der Waals surface area contributed by atoms with Crippen molar-refractivity contribution in [2.45, 2.75) is 13.0 Å². The van der Waals surface area contributed by atoms with Gasteiger partial charge in [0, 0.05) is 4.47 Å². The van der Waals surface area contributed by atoms with Crippen LogP contribution in [0.5, 0.6) is 0 Å². The minimum atomic E-state index is -1.04. The zero-order valence-electron chi connectivity index (χ0n) is 10.9. The highest BCUT2D eigenvalue weighted by molar-refractivity contribution is 9.10. The van der Waals surface area contributed by atoms with E-state index in [1.165, 1.54) is 24.5 Å². The van der Waals surface area contributed by atoms with Gasteiger partial charge in [-0.1, -0.05) is 0 Å². The number of nitrogens with one attached hydrogen (secondary N) is 3. The number of amides is 2. The van der Waals surface area contributed by atoms with Crippen LogP contribution in [-0.4, -0.2) is 32.3 Å². The maximum Gasteiger partial charge on any atom is 0.335 e. The SMILES string of the molecule is CC(NC(=O)Nc1ccc(C(=O)O)cc1Br)c1ncn[nH]1. The van der Waals surface area contributed by atoms with Crippen molar-refractivity contribution < 1.29 is 14.7 Å². The Morgan fingerprint density at radius 1 is 1.43 bits per heavy atom. The molecule has 21 heavy (non-hydrogen) atoms. The summed E-state index contributed by atoms with van der Waals surface area (Å²) in [6.45, 7) is 1.75. The Kier molecular flexibility index (Phi) is 4.53. The fourth-order valence-electron chi connectivity index (χ4n) is 1.60. The van der Waals surface area contributed by atoms with Crippen LogP contribution in [0.15, 0.2) is 29.0 Å². The van der Waals surface area contributed by atoms with E-state index < -0.39 is 12.0 Å². The standard InChI is InChI=1S/C12H12BrN5O3/c1-6(10-14-5-15-18-10)16-12(21)17-9-3-2-7(11(19)20)4-8(9)13/h2-6H,1H3,(H,19,20)(H,14,15,18)(H2,16,17,21). The lowest BCUT2D eigenvalue weighted by Gasteiger charge is -2.13. The molecular formula is C12H12BrN5O3. The molecule has 2 rings (SSSR count). The summed E-state index contributed by atoms with van der Waals surface area (Å²) in [6.07, 6.45) is 1.35. The quantitative estimate of drug-likeness (QED) is 0.671. The number of hydrogen-bond donors (Lipinski definition) is 4. The molecule has 9 heteroatoms. The predicted octanol–water partition coefficient (Wildman–Crippen LogP) is 2.15. The number of carbonyl (C=O) groups excluding carboxylic acids is 1. The Morgan fingerprint density at radius 3 is 2.76 bits per heavy atom. The largest absolute Gasteiger partial charge is 0.478 e. The monoisotopic (exact) mass is 353 g/mol. The fraction of sp³-hybridized carbons (Fsp3) is 0.167. The van der Waals surface area contributed by atoms with Crippen LogP contribution < -0.4 is 10.6 Å². The number of H-pyrrole nitrogens is 1. The van der Waals surface area contributed by atoms with Crippen molar-refractivity contribution in [2.24, 2.45) is 0 Å². The normalized spacial score (nSPS) is 11.7. The van der Waals surface area contributed by atoms with Crippen LogP contribution in [0.25, 0.3) is 0 Å². The van der Waals surface area contributed by atoms with E-state index in [9.17, 15) is 9.59 Å². The molecule has 1 heterocycles. The average molecular weight is 354 g/mol. The van der Waals surface area contributed by atoms with Gasteiger partial charge >= 0.3 is 12.0 Å². The van der Waals surface area contributed by atoms with E-state index in [0.29, 0.717) is 16.0 Å². The van der Waals surface area contributed by atoms with Crippen molar-refractivity contribution in [2.75, 3.05) is 5.32 Å². The lowest BCUT2D eigenvalue weighted by atomic mass is 10.2. The number of carboxylic acids is 1. The van der Waals surface area contributed by atoms with Crippen molar-refractivity contribution in [3.63, 3.8) is 0 Å². The molecule has 0 bridgehead atoms. The van der Waals surface area contributed by atoms with Crippen LogP contribution in [0.1, 0.15) is 29.1 Å². The lowest BCUT2D eigenvalue weighted by Crippen LogP contribution is -2.31. The summed E-state index contributed by atoms with van der Waals surface area (Å²) in [4.78, 5) is 26.6. The second-order valence-electron chi connectivity index (χ2n) is 4.19. The first kappa shape index (κ1) is 15.0. The molecule has 8 nitrogen and oxygen atoms in total. The number of carbonyl (C=O) groups is 2. The zero-order valence-corrected chi connectivity index (χ0v) is 12.5. The van der Waals surface area contributed by atoms with Gasteiger partial charge in [-0.2, -0.15) is 5.10 Å². The molecule has 2 amide bonds. The molecule has 0 spiro atoms. The number of nitrogens with zero attached hydrogens (tertiary/aromatic N) is 2. The molecule has 4 N–H and O–H groups in total. The number of anilines is 1. The van der Waals surface area contributed by atoms with Crippen molar-refractivity contribution in [3.8, 4) is 0 Å². The van der Waals surface area contributed by atoms with Gasteiger partial charge in [0.05, 0.1) is 17.3 Å². The molecule has 0 fully saturated rings. The number of urea groups is 1. The molecule has 1 unspecified atom stereocenters. The highest BCUT2D eigenvalue weighted by Crippen LogP contribution is 2.23. The number of carboxylic acid groups (broad SMARTS) is 1. The average Bonchev–Trinajstić information content (AvgIpc) is 2.94. The van der Waals surface area contributed by atoms with Crippen LogP contribution >= 0.6 is 15.9 Å². The maximum absolute atomic E-state index is 11.9. The molecule has 0 aliphatic heterocycles. The fourth-order valence-corrected chi connectivity index (χ4v) is 2.07. The Hall–Kier alpha value is -2.42. The third-order valence-electron chi connectivity index (χ3n) is 2.66. The van der Waals surface area contributed by atoms with Crippen molar-refractivity contribution in [3.05, 3.63) is 40.4 Å². The van der Waals surface area contributed by atoms with E-state index >= 15 is 0 Å². The summed E-state index contributed by atoms with van der Waals surface area (Å²) >= 11 is 3.21. The van der Waals surface area contributed by atoms with Crippen molar-refractivity contribution >= 4 is 33.6 Å². The van der Waals surface area contributed by atoms with E-state index in [-0.39, 0.29) is 11.6 Å². The molecule has 0 aliphatic carbocycles. The number of aromatic amines is 1. The molecule has 1 aromatic carbocycles. The van der Waals surface area contributed by atoms with Gasteiger partial charge in [-0.3, -0.25) is 5.10 Å². The zero-order chi connectivity index (χ0) is 15.4. The first-order valence-corrected chi connectivity index (χ1v) is 6.72. The highest BCUT2D eigenvalue weighted by Gasteiger charge is 2.13. The molecule has 0 radical (unpaired) electrons. The van der Waals surface area contributed by atoms with Gasteiger partial charge in [-0.25, -0.2) is 14.6 Å². The predicted molar refractivity (Wildman–Crippen MR) is 78.1 cm³/mol. The van der Waals surface area contributed by atoms with Gasteiger partial charge in [-0.15, -0.1) is 0 Å². The molecular weight excluding hydrogens is 342 g/mol. The van der Waals surface area contributed by atoms with Gasteiger partial charge in [-0.05, 0) is 41.1 Å². The first-order chi connectivity index (χ1) is 9.97. The van der Waals surface area contributed by atoms with E-state index in [2.05, 4.69) is 41.7 Å². The summed E-state index contributed by atoms with van der Waals surface area (Å²) in [6, 6.07) is 3.54. The first-order valence-electron chi connectivity index (χ1n) is 5.93. The molecule has 2 aromatic rings. The number of benzene rings is 1. The van der Waals surface area contributed by atoms with Gasteiger partial charge in [0.1, 0.15) is 12.2 Å². The summed E-state index contributed by atoms with van der Waals surface area (Å²) in [7, 11) is 0. The van der Waals surface area contributed by atoms with Crippen LogP contribution in [-0.2, 0) is 0 Å². The van der Waals surface area contributed by atoms with E-state index in [1.807, 2.05) is 0 Å². The number of aromatic nitrogens is 3. The lowest BCUT2D eigenvalue weighted by molar-refractivity contribution is 0.0697. The van der Waals surface area contributed by atoms with Gasteiger partial charge in [0.25, 0.3) is 0 Å².